The van der Waals surface area contributed by atoms with Crippen LogP contribution >= 0.6 is 7.75 Å². The molecule has 1 aliphatic heterocycles. The van der Waals surface area contributed by atoms with Crippen LogP contribution in [0.25, 0.3) is 12.2 Å². The number of piperidine rings is 1. The maximum Gasteiger partial charge on any atom is 0.403 e. The zero-order chi connectivity index (χ0) is 22.8. The Morgan fingerprint density at radius 3 is 1.58 bits per heavy atom. The molecule has 11 nitrogen and oxygen atoms in total. The minimum Gasteiger partial charge on any atom is -0.312 e. The van der Waals surface area contributed by atoms with Crippen molar-refractivity contribution in [2.24, 2.45) is 0 Å². The van der Waals surface area contributed by atoms with Crippen LogP contribution in [0.2, 0.25) is 0 Å². The lowest BCUT2D eigenvalue weighted by molar-refractivity contribution is -0.385. The van der Waals surface area contributed by atoms with Gasteiger partial charge in [-0.1, -0.05) is 24.3 Å². The van der Waals surface area contributed by atoms with Gasteiger partial charge in [0.15, 0.2) is 5.78 Å². The van der Waals surface area contributed by atoms with Crippen molar-refractivity contribution in [2.45, 2.75) is 0 Å². The lowest BCUT2D eigenvalue weighted by Crippen LogP contribution is -2.35. The molecule has 0 spiro atoms. The third kappa shape index (κ3) is 4.98. The normalized spacial score (nSPS) is 17.8. The quantitative estimate of drug-likeness (QED) is 0.305. The lowest BCUT2D eigenvalue weighted by Gasteiger charge is -2.29. The predicted molar refractivity (Wildman–Crippen MR) is 111 cm³/mol. The summed E-state index contributed by atoms with van der Waals surface area (Å²) >= 11 is 0. The van der Waals surface area contributed by atoms with E-state index in [1.807, 2.05) is 0 Å². The van der Waals surface area contributed by atoms with Crippen molar-refractivity contribution in [3.05, 3.63) is 91.0 Å². The van der Waals surface area contributed by atoms with Crippen molar-refractivity contribution in [1.29, 1.82) is 0 Å². The molecule has 1 aliphatic rings. The number of carbonyl (C=O) groups excluding carboxylic acids is 1. The molecular weight excluding hydrogens is 429 g/mol. The number of nitrogens with zero attached hydrogens (tertiary/aromatic N) is 3. The maximum absolute atomic E-state index is 13.0. The molecule has 12 heteroatoms. The van der Waals surface area contributed by atoms with Gasteiger partial charge in [0.05, 0.1) is 21.0 Å². The predicted octanol–water partition coefficient (Wildman–Crippen LogP) is 2.95. The third-order valence-corrected chi connectivity index (χ3v) is 5.60. The summed E-state index contributed by atoms with van der Waals surface area (Å²) in [5.74, 6) is -0.610. The number of hydrogen-bond acceptors (Lipinski definition) is 6. The maximum atomic E-state index is 13.0. The molecule has 0 amide bonds. The van der Waals surface area contributed by atoms with E-state index in [2.05, 4.69) is 0 Å². The summed E-state index contributed by atoms with van der Waals surface area (Å²) < 4.78 is 12.6. The molecule has 0 bridgehead atoms. The Balaban J connectivity index is 2.13. The van der Waals surface area contributed by atoms with Gasteiger partial charge in [0.1, 0.15) is 0 Å². The molecule has 3 rings (SSSR count). The van der Waals surface area contributed by atoms with Crippen LogP contribution in [0.4, 0.5) is 11.4 Å². The van der Waals surface area contributed by atoms with Crippen LogP contribution in [0.3, 0.4) is 0 Å². The number of carbonyl (C=O) groups is 1. The molecule has 0 radical (unpaired) electrons. The number of rotatable bonds is 5. The van der Waals surface area contributed by atoms with Crippen LogP contribution in [0.5, 0.6) is 0 Å². The second-order valence-electron chi connectivity index (χ2n) is 6.64. The minimum absolute atomic E-state index is 0.0892. The SMILES string of the molecule is O=C1/C(=C/c2ccccc2[N+](=O)[O-])CN(P(=O)(O)O)C/C1=C\c1ccccc1[N+](=O)[O-]. The third-order valence-electron chi connectivity index (χ3n) is 4.58. The van der Waals surface area contributed by atoms with Gasteiger partial charge < -0.3 is 9.79 Å². The fraction of sp³-hybridized carbons (Fsp3) is 0.105. The van der Waals surface area contributed by atoms with Gasteiger partial charge in [-0.2, -0.15) is 4.67 Å². The van der Waals surface area contributed by atoms with E-state index in [-0.39, 0.29) is 33.6 Å². The second-order valence-corrected chi connectivity index (χ2v) is 8.23. The van der Waals surface area contributed by atoms with Crippen molar-refractivity contribution >= 4 is 37.1 Å². The smallest absolute Gasteiger partial charge is 0.312 e. The van der Waals surface area contributed by atoms with Crippen molar-refractivity contribution in [3.8, 4) is 0 Å². The summed E-state index contributed by atoms with van der Waals surface area (Å²) in [5, 5.41) is 22.5. The molecule has 1 saturated heterocycles. The topological polar surface area (TPSA) is 164 Å². The van der Waals surface area contributed by atoms with E-state index in [0.717, 1.165) is 4.67 Å². The number of hydrogen-bond donors (Lipinski definition) is 2. The van der Waals surface area contributed by atoms with Gasteiger partial charge in [0.25, 0.3) is 11.4 Å². The molecule has 0 unspecified atom stereocenters. The summed E-state index contributed by atoms with van der Waals surface area (Å²) in [6.45, 7) is -0.882. The first-order valence-electron chi connectivity index (χ1n) is 8.81. The van der Waals surface area contributed by atoms with Crippen LogP contribution < -0.4 is 0 Å². The van der Waals surface area contributed by atoms with Crippen LogP contribution in [0, 0.1) is 20.2 Å². The summed E-state index contributed by atoms with van der Waals surface area (Å²) in [4.78, 5) is 53.5. The van der Waals surface area contributed by atoms with E-state index in [9.17, 15) is 39.4 Å². The Labute approximate surface area is 175 Å². The van der Waals surface area contributed by atoms with Crippen molar-refractivity contribution in [2.75, 3.05) is 13.1 Å². The number of nitro benzene ring substituents is 2. The van der Waals surface area contributed by atoms with Crippen LogP contribution in [0.1, 0.15) is 11.1 Å². The Hall–Kier alpha value is -3.50. The summed E-state index contributed by atoms with van der Waals surface area (Å²) in [5.41, 5.74) is -0.551. The zero-order valence-electron chi connectivity index (χ0n) is 15.8. The largest absolute Gasteiger partial charge is 0.403 e. The summed E-state index contributed by atoms with van der Waals surface area (Å²) in [6, 6.07) is 11.2. The zero-order valence-corrected chi connectivity index (χ0v) is 16.7. The van der Waals surface area contributed by atoms with Crippen molar-refractivity contribution in [3.63, 3.8) is 0 Å². The van der Waals surface area contributed by atoms with Crippen LogP contribution in [-0.2, 0) is 9.36 Å². The molecule has 2 aromatic rings. The molecule has 2 aromatic carbocycles. The van der Waals surface area contributed by atoms with Crippen LogP contribution in [-0.4, -0.2) is 43.2 Å². The molecule has 1 heterocycles. The van der Waals surface area contributed by atoms with Gasteiger partial charge in [0.2, 0.25) is 0 Å². The molecule has 0 saturated carbocycles. The van der Waals surface area contributed by atoms with E-state index in [4.69, 9.17) is 0 Å². The fourth-order valence-electron chi connectivity index (χ4n) is 3.13. The Kier molecular flexibility index (Phi) is 6.23. The number of ketones is 1. The second kappa shape index (κ2) is 8.70. The molecule has 2 N–H and O–H groups in total. The highest BCUT2D eigenvalue weighted by molar-refractivity contribution is 7.49. The highest BCUT2D eigenvalue weighted by Gasteiger charge is 2.35. The number of benzene rings is 2. The lowest BCUT2D eigenvalue weighted by atomic mass is 9.95. The number of nitro groups is 2. The molecule has 0 aliphatic carbocycles. The standard InChI is InChI=1S/C19H16N3O8P/c23-19-15(9-13-5-1-3-7-17(13)21(24)25)11-20(31(28,29)30)12-16(19)10-14-6-2-4-8-18(14)22(26)27/h1-10H,11-12H2,(H2,28,29,30)/b15-9+,16-10+. The van der Waals surface area contributed by atoms with Gasteiger partial charge in [0, 0.05) is 36.4 Å². The Bertz CT molecular complexity index is 1100. The highest BCUT2D eigenvalue weighted by atomic mass is 31.2. The highest BCUT2D eigenvalue weighted by Crippen LogP contribution is 2.43. The summed E-state index contributed by atoms with van der Waals surface area (Å²) in [7, 11) is -4.78. The van der Waals surface area contributed by atoms with E-state index in [1.54, 1.807) is 0 Å². The minimum atomic E-state index is -4.78. The van der Waals surface area contributed by atoms with Gasteiger partial charge in [-0.05, 0) is 24.3 Å². The fourth-order valence-corrected chi connectivity index (χ4v) is 3.81. The van der Waals surface area contributed by atoms with Gasteiger partial charge in [-0.15, -0.1) is 0 Å². The summed E-state index contributed by atoms with van der Waals surface area (Å²) in [6.07, 6.45) is 2.41. The molecule has 160 valence electrons. The van der Waals surface area contributed by atoms with E-state index < -0.39 is 36.5 Å². The van der Waals surface area contributed by atoms with Gasteiger partial charge >= 0.3 is 7.75 Å². The van der Waals surface area contributed by atoms with Crippen molar-refractivity contribution < 1.29 is 29.0 Å². The molecule has 0 atom stereocenters. The van der Waals surface area contributed by atoms with Crippen LogP contribution in [0.15, 0.2) is 59.7 Å². The number of Topliss-reactive ketones (excluding diaryl/α,β-unsaturated/α-hetero) is 1. The average Bonchev–Trinajstić information content (AvgIpc) is 2.70. The molecule has 0 aromatic heterocycles. The average molecular weight is 445 g/mol. The Morgan fingerprint density at radius 2 is 1.23 bits per heavy atom. The van der Waals surface area contributed by atoms with Gasteiger partial charge in [-0.3, -0.25) is 25.0 Å². The first kappa shape index (κ1) is 22.2. The first-order valence-corrected chi connectivity index (χ1v) is 10.4. The van der Waals surface area contributed by atoms with E-state index >= 15 is 0 Å². The number of para-hydroxylation sites is 2. The monoisotopic (exact) mass is 445 g/mol. The molecular formula is C19H16N3O8P. The molecule has 1 fully saturated rings. The van der Waals surface area contributed by atoms with Gasteiger partial charge in [-0.25, -0.2) is 4.57 Å². The van der Waals surface area contributed by atoms with E-state index in [1.165, 1.54) is 60.7 Å². The van der Waals surface area contributed by atoms with E-state index in [0.29, 0.717) is 0 Å². The first-order chi connectivity index (χ1) is 14.6. The van der Waals surface area contributed by atoms with Crippen molar-refractivity contribution in [1.82, 2.24) is 4.67 Å². The molecule has 31 heavy (non-hydrogen) atoms. The Morgan fingerprint density at radius 1 is 0.839 bits per heavy atom.